The number of benzene rings is 4. The minimum absolute atomic E-state index is 0.0459. The Hall–Kier alpha value is -7.01. The van der Waals surface area contributed by atoms with E-state index in [1.807, 2.05) is 0 Å². The van der Waals surface area contributed by atoms with Crippen molar-refractivity contribution in [3.63, 3.8) is 0 Å². The molecule has 55 heavy (non-hydrogen) atoms. The molecule has 5 unspecified atom stereocenters. The largest absolute Gasteiger partial charge is 0.508 e. The van der Waals surface area contributed by atoms with E-state index in [2.05, 4.69) is 0 Å². The topological polar surface area (TPSA) is 263 Å². The molecular formula is C39H32O16. The van der Waals surface area contributed by atoms with E-state index in [9.17, 15) is 55.2 Å². The normalized spacial score (nSPS) is 19.8. The summed E-state index contributed by atoms with van der Waals surface area (Å²) in [5.41, 5.74) is -0.595. The Bertz CT molecular complexity index is 2360. The van der Waals surface area contributed by atoms with Gasteiger partial charge in [-0.3, -0.25) is 4.79 Å². The highest BCUT2D eigenvalue weighted by Crippen LogP contribution is 2.39. The summed E-state index contributed by atoms with van der Waals surface area (Å²) in [6.07, 6.45) is -4.76. The molecule has 1 aliphatic rings. The third-order valence-electron chi connectivity index (χ3n) is 8.24. The van der Waals surface area contributed by atoms with Crippen molar-refractivity contribution in [2.45, 2.75) is 30.7 Å². The number of carbonyl (C=O) groups excluding carboxylic acids is 2. The van der Waals surface area contributed by atoms with Crippen LogP contribution < -0.4 is 10.2 Å². The van der Waals surface area contributed by atoms with Crippen molar-refractivity contribution >= 4 is 35.1 Å². The highest BCUT2D eigenvalue weighted by Gasteiger charge is 2.49. The van der Waals surface area contributed by atoms with Crippen molar-refractivity contribution < 1.29 is 73.8 Å². The van der Waals surface area contributed by atoms with Gasteiger partial charge in [-0.25, -0.2) is 9.59 Å². The smallest absolute Gasteiger partial charge is 0.331 e. The van der Waals surface area contributed by atoms with Crippen molar-refractivity contribution in [2.24, 2.45) is 0 Å². The second-order valence-electron chi connectivity index (χ2n) is 12.2. The quantitative estimate of drug-likeness (QED) is 0.0577. The van der Waals surface area contributed by atoms with Crippen LogP contribution >= 0.6 is 0 Å². The lowest BCUT2D eigenvalue weighted by molar-refractivity contribution is -0.281. The number of carbonyl (C=O) groups is 2. The molecule has 0 radical (unpaired) electrons. The molecule has 0 spiro atoms. The Labute approximate surface area is 309 Å². The predicted molar refractivity (Wildman–Crippen MR) is 191 cm³/mol. The van der Waals surface area contributed by atoms with Gasteiger partial charge in [0.15, 0.2) is 29.5 Å². The van der Waals surface area contributed by atoms with Gasteiger partial charge in [-0.2, -0.15) is 0 Å². The van der Waals surface area contributed by atoms with Crippen molar-refractivity contribution in [1.82, 2.24) is 0 Å². The summed E-state index contributed by atoms with van der Waals surface area (Å²) in [5.74, 6) is -5.66. The summed E-state index contributed by atoms with van der Waals surface area (Å²) < 4.78 is 28.2. The molecule has 284 valence electrons. The SMILES string of the molecule is O=C(C=Cc1cccc(O)c1)OCC1OC(Oc2c(-c3ccc(O)c(O)c3)oc3cc(O)cc(O)c3c2=O)C(O)C(OC(=O)C=Cc2cccc(O)c2)C1O. The second kappa shape index (κ2) is 15.9. The van der Waals surface area contributed by atoms with E-state index in [0.29, 0.717) is 11.1 Å². The van der Waals surface area contributed by atoms with Gasteiger partial charge in [0.2, 0.25) is 17.5 Å². The molecule has 5 aromatic rings. The zero-order chi connectivity index (χ0) is 39.4. The number of aliphatic hydroxyl groups is 2. The van der Waals surface area contributed by atoms with Crippen LogP contribution in [0.1, 0.15) is 11.1 Å². The summed E-state index contributed by atoms with van der Waals surface area (Å²) in [4.78, 5) is 39.5. The monoisotopic (exact) mass is 756 g/mol. The van der Waals surface area contributed by atoms with Crippen LogP contribution in [0.3, 0.4) is 0 Å². The van der Waals surface area contributed by atoms with Crippen LogP contribution in [0.4, 0.5) is 0 Å². The number of rotatable bonds is 10. The van der Waals surface area contributed by atoms with Crippen molar-refractivity contribution in [3.8, 4) is 51.6 Å². The van der Waals surface area contributed by atoms with E-state index in [-0.39, 0.29) is 22.6 Å². The maximum absolute atomic E-state index is 13.9. The Balaban J connectivity index is 1.34. The summed E-state index contributed by atoms with van der Waals surface area (Å²) in [7, 11) is 0. The fourth-order valence-electron chi connectivity index (χ4n) is 5.59. The molecule has 0 saturated carbocycles. The second-order valence-corrected chi connectivity index (χ2v) is 12.2. The number of ether oxygens (including phenoxy) is 4. The fraction of sp³-hybridized carbons (Fsp3) is 0.154. The molecule has 0 bridgehead atoms. The molecule has 0 aliphatic carbocycles. The molecule has 16 nitrogen and oxygen atoms in total. The Morgan fingerprint density at radius 1 is 0.709 bits per heavy atom. The highest BCUT2D eigenvalue weighted by atomic mass is 16.7. The standard InChI is InChI=1S/C39H32O16/c40-22-5-1-3-19(13-22)7-11-30(46)51-18-29-33(48)37(54-31(47)12-8-20-4-2-6-23(41)14-20)35(50)39(53-29)55-38-34(49)32-27(45)16-24(42)17-28(32)52-36(38)21-9-10-25(43)26(44)15-21/h1-17,29,33,35,37,39-45,48,50H,18H2. The van der Waals surface area contributed by atoms with E-state index in [0.717, 1.165) is 36.4 Å². The van der Waals surface area contributed by atoms with E-state index in [4.69, 9.17) is 23.4 Å². The van der Waals surface area contributed by atoms with Crippen molar-refractivity contribution in [3.05, 3.63) is 112 Å². The Kier molecular flexibility index (Phi) is 10.9. The first-order chi connectivity index (χ1) is 26.3. The molecule has 0 amide bonds. The zero-order valence-corrected chi connectivity index (χ0v) is 28.3. The molecule has 6 rings (SSSR count). The van der Waals surface area contributed by atoms with Crippen LogP contribution in [-0.4, -0.2) is 90.1 Å². The molecule has 8 N–H and O–H groups in total. The summed E-state index contributed by atoms with van der Waals surface area (Å²) >= 11 is 0. The third-order valence-corrected chi connectivity index (χ3v) is 8.24. The number of fused-ring (bicyclic) bond motifs is 1. The summed E-state index contributed by atoms with van der Waals surface area (Å²) in [6.45, 7) is -0.713. The Morgan fingerprint density at radius 3 is 2.00 bits per heavy atom. The van der Waals surface area contributed by atoms with Crippen LogP contribution in [0.15, 0.2) is 100 Å². The first kappa shape index (κ1) is 37.7. The van der Waals surface area contributed by atoms with Gasteiger partial charge in [0.05, 0.1) is 0 Å². The first-order valence-electron chi connectivity index (χ1n) is 16.3. The van der Waals surface area contributed by atoms with Gasteiger partial charge in [-0.05, 0) is 65.7 Å². The van der Waals surface area contributed by atoms with Gasteiger partial charge in [-0.1, -0.05) is 24.3 Å². The van der Waals surface area contributed by atoms with Crippen LogP contribution in [0.25, 0.3) is 34.4 Å². The maximum atomic E-state index is 13.9. The minimum atomic E-state index is -2.06. The molecule has 1 aromatic heterocycles. The van der Waals surface area contributed by atoms with Crippen molar-refractivity contribution in [2.75, 3.05) is 6.61 Å². The minimum Gasteiger partial charge on any atom is -0.508 e. The summed E-state index contributed by atoms with van der Waals surface area (Å²) in [6, 6.07) is 17.0. The lowest BCUT2D eigenvalue weighted by atomic mass is 9.98. The van der Waals surface area contributed by atoms with Gasteiger partial charge in [-0.15, -0.1) is 0 Å². The lowest BCUT2D eigenvalue weighted by Gasteiger charge is -2.41. The van der Waals surface area contributed by atoms with Gasteiger partial charge in [0.25, 0.3) is 0 Å². The maximum Gasteiger partial charge on any atom is 0.331 e. The molecule has 16 heteroatoms. The third kappa shape index (κ3) is 8.63. The van der Waals surface area contributed by atoms with Crippen molar-refractivity contribution in [1.29, 1.82) is 0 Å². The Morgan fingerprint density at radius 2 is 1.36 bits per heavy atom. The van der Waals surface area contributed by atoms with E-state index < -0.39 is 94.6 Å². The molecular weight excluding hydrogens is 724 g/mol. The first-order valence-corrected chi connectivity index (χ1v) is 16.3. The number of esters is 2. The van der Waals surface area contributed by atoms with Crippen LogP contribution in [0, 0.1) is 0 Å². The molecule has 4 aromatic carbocycles. The average Bonchev–Trinajstić information content (AvgIpc) is 3.14. The number of phenols is 6. The highest BCUT2D eigenvalue weighted by molar-refractivity contribution is 5.89. The number of aromatic hydroxyl groups is 6. The lowest BCUT2D eigenvalue weighted by Crippen LogP contribution is -2.61. The zero-order valence-electron chi connectivity index (χ0n) is 28.3. The predicted octanol–water partition coefficient (Wildman–Crippen LogP) is 3.40. The van der Waals surface area contributed by atoms with E-state index in [1.54, 1.807) is 18.2 Å². The fourth-order valence-corrected chi connectivity index (χ4v) is 5.59. The van der Waals surface area contributed by atoms with E-state index in [1.165, 1.54) is 48.6 Å². The average molecular weight is 757 g/mol. The summed E-state index contributed by atoms with van der Waals surface area (Å²) in [5, 5.41) is 82.3. The van der Waals surface area contributed by atoms with Gasteiger partial charge in [0, 0.05) is 29.8 Å². The molecule has 1 aliphatic heterocycles. The number of hydrogen-bond donors (Lipinski definition) is 8. The van der Waals surface area contributed by atoms with Gasteiger partial charge < -0.3 is 64.2 Å². The molecule has 2 heterocycles. The van der Waals surface area contributed by atoms with Crippen LogP contribution in [0.2, 0.25) is 0 Å². The van der Waals surface area contributed by atoms with Gasteiger partial charge >= 0.3 is 11.9 Å². The number of hydrogen-bond acceptors (Lipinski definition) is 16. The molecule has 1 saturated heterocycles. The molecule has 5 atom stereocenters. The van der Waals surface area contributed by atoms with E-state index >= 15 is 0 Å². The van der Waals surface area contributed by atoms with Crippen LogP contribution in [-0.2, 0) is 23.8 Å². The number of aliphatic hydroxyl groups excluding tert-OH is 2. The van der Waals surface area contributed by atoms with Crippen LogP contribution in [0.5, 0.6) is 40.2 Å². The molecule has 1 fully saturated rings. The number of phenolic OH excluding ortho intramolecular Hbond substituents is 6. The van der Waals surface area contributed by atoms with Gasteiger partial charge in [0.1, 0.15) is 52.8 Å².